The number of thioether (sulfide) groups is 1. The Bertz CT molecular complexity index is 222. The molecule has 0 aromatic rings. The van der Waals surface area contributed by atoms with Gasteiger partial charge in [0.15, 0.2) is 0 Å². The molecule has 2 aliphatic rings. The Morgan fingerprint density at radius 2 is 1.80 bits per heavy atom. The van der Waals surface area contributed by atoms with Gasteiger partial charge in [0.1, 0.15) is 0 Å². The molecule has 0 heterocycles. The van der Waals surface area contributed by atoms with Gasteiger partial charge in [-0.05, 0) is 42.8 Å². The Hall–Kier alpha value is -0.180. The Morgan fingerprint density at radius 3 is 2.20 bits per heavy atom. The summed E-state index contributed by atoms with van der Waals surface area (Å²) in [5, 5.41) is 3.79. The van der Waals surface area contributed by atoms with Crippen LogP contribution in [0.4, 0.5) is 0 Å². The lowest BCUT2D eigenvalue weighted by molar-refractivity contribution is -0.119. The van der Waals surface area contributed by atoms with E-state index in [1.807, 2.05) is 0 Å². The van der Waals surface area contributed by atoms with Crippen LogP contribution in [0.5, 0.6) is 0 Å². The largest absolute Gasteiger partial charge is 0.352 e. The minimum atomic E-state index is 0.248. The van der Waals surface area contributed by atoms with Gasteiger partial charge in [-0.15, -0.1) is 11.8 Å². The van der Waals surface area contributed by atoms with Gasteiger partial charge in [0.25, 0.3) is 0 Å². The van der Waals surface area contributed by atoms with Crippen LogP contribution >= 0.6 is 11.8 Å². The maximum atomic E-state index is 11.7. The molecule has 0 radical (unpaired) electrons. The molecule has 0 atom stereocenters. The summed E-state index contributed by atoms with van der Waals surface area (Å²) < 4.78 is 0. The monoisotopic (exact) mass is 227 g/mol. The van der Waals surface area contributed by atoms with Gasteiger partial charge in [0.05, 0.1) is 5.75 Å². The first-order valence-electron chi connectivity index (χ1n) is 6.08. The van der Waals surface area contributed by atoms with Crippen LogP contribution in [0, 0.1) is 11.8 Å². The molecule has 0 saturated heterocycles. The molecule has 1 amide bonds. The summed E-state index contributed by atoms with van der Waals surface area (Å²) in [6.07, 6.45) is 5.33. The first-order chi connectivity index (χ1) is 7.16. The first-order valence-corrected chi connectivity index (χ1v) is 7.12. The highest BCUT2D eigenvalue weighted by Crippen LogP contribution is 2.44. The van der Waals surface area contributed by atoms with Crippen molar-refractivity contribution in [2.75, 3.05) is 5.75 Å². The molecule has 0 aromatic heterocycles. The lowest BCUT2D eigenvalue weighted by Crippen LogP contribution is -2.39. The second-order valence-corrected chi connectivity index (χ2v) is 6.69. The van der Waals surface area contributed by atoms with Gasteiger partial charge in [-0.25, -0.2) is 0 Å². The SMILES string of the molecule is CC(C)SCC(=O)NC(C1CC1)C1CC1. The fourth-order valence-electron chi connectivity index (χ4n) is 2.00. The third-order valence-electron chi connectivity index (χ3n) is 3.14. The van der Waals surface area contributed by atoms with Crippen molar-refractivity contribution in [2.24, 2.45) is 11.8 Å². The van der Waals surface area contributed by atoms with E-state index >= 15 is 0 Å². The number of carbonyl (C=O) groups is 1. The van der Waals surface area contributed by atoms with Crippen molar-refractivity contribution < 1.29 is 4.79 Å². The molecule has 0 aromatic carbocycles. The third kappa shape index (κ3) is 3.71. The number of nitrogens with one attached hydrogen (secondary N) is 1. The van der Waals surface area contributed by atoms with Crippen LogP contribution in [0.2, 0.25) is 0 Å². The molecule has 2 aliphatic carbocycles. The summed E-state index contributed by atoms with van der Waals surface area (Å²) in [6.45, 7) is 4.27. The molecular weight excluding hydrogens is 206 g/mol. The van der Waals surface area contributed by atoms with Crippen molar-refractivity contribution in [3.05, 3.63) is 0 Å². The zero-order valence-corrected chi connectivity index (χ0v) is 10.5. The van der Waals surface area contributed by atoms with Gasteiger partial charge in [-0.3, -0.25) is 4.79 Å². The molecule has 0 aliphatic heterocycles. The average molecular weight is 227 g/mol. The van der Waals surface area contributed by atoms with Crippen molar-refractivity contribution in [2.45, 2.75) is 50.8 Å². The maximum absolute atomic E-state index is 11.7. The highest BCUT2D eigenvalue weighted by molar-refractivity contribution is 8.00. The fourth-order valence-corrected chi connectivity index (χ4v) is 2.57. The van der Waals surface area contributed by atoms with Gasteiger partial charge in [-0.2, -0.15) is 0 Å². The second-order valence-electron chi connectivity index (χ2n) is 5.13. The Kier molecular flexibility index (Phi) is 3.60. The topological polar surface area (TPSA) is 29.1 Å². The average Bonchev–Trinajstić information content (AvgIpc) is 3.02. The molecule has 86 valence electrons. The zero-order valence-electron chi connectivity index (χ0n) is 9.66. The summed E-state index contributed by atoms with van der Waals surface area (Å²) in [7, 11) is 0. The summed E-state index contributed by atoms with van der Waals surface area (Å²) in [6, 6.07) is 0.519. The van der Waals surface area contributed by atoms with E-state index in [2.05, 4.69) is 19.2 Å². The number of hydrogen-bond donors (Lipinski definition) is 1. The number of amides is 1. The normalized spacial score (nSPS) is 21.1. The summed E-state index contributed by atoms with van der Waals surface area (Å²) in [4.78, 5) is 11.7. The van der Waals surface area contributed by atoms with E-state index in [-0.39, 0.29) is 5.91 Å². The van der Waals surface area contributed by atoms with Crippen LogP contribution in [-0.4, -0.2) is 23.0 Å². The quantitative estimate of drug-likeness (QED) is 0.755. The van der Waals surface area contributed by atoms with Crippen LogP contribution in [0.15, 0.2) is 0 Å². The number of hydrogen-bond acceptors (Lipinski definition) is 2. The van der Waals surface area contributed by atoms with Crippen LogP contribution in [-0.2, 0) is 4.79 Å². The lowest BCUT2D eigenvalue weighted by atomic mass is 10.1. The predicted octanol–water partition coefficient (Wildman–Crippen LogP) is 2.43. The molecule has 0 unspecified atom stereocenters. The molecule has 1 N–H and O–H groups in total. The van der Waals surface area contributed by atoms with Gasteiger partial charge in [0, 0.05) is 6.04 Å². The third-order valence-corrected chi connectivity index (χ3v) is 4.23. The van der Waals surface area contributed by atoms with E-state index < -0.39 is 0 Å². The van der Waals surface area contributed by atoms with Crippen molar-refractivity contribution in [3.63, 3.8) is 0 Å². The highest BCUT2D eigenvalue weighted by Gasteiger charge is 2.42. The van der Waals surface area contributed by atoms with Gasteiger partial charge >= 0.3 is 0 Å². The van der Waals surface area contributed by atoms with Crippen molar-refractivity contribution in [1.82, 2.24) is 5.32 Å². The maximum Gasteiger partial charge on any atom is 0.230 e. The molecule has 2 saturated carbocycles. The summed E-state index contributed by atoms with van der Waals surface area (Å²) in [5.41, 5.74) is 0. The Balaban J connectivity index is 1.71. The zero-order chi connectivity index (χ0) is 10.8. The van der Waals surface area contributed by atoms with Crippen LogP contribution in [0.25, 0.3) is 0 Å². The summed E-state index contributed by atoms with van der Waals surface area (Å²) >= 11 is 1.73. The molecular formula is C12H21NOS. The molecule has 3 heteroatoms. The second kappa shape index (κ2) is 4.77. The van der Waals surface area contributed by atoms with Crippen LogP contribution < -0.4 is 5.32 Å². The first kappa shape index (κ1) is 11.3. The fraction of sp³-hybridized carbons (Fsp3) is 0.917. The van der Waals surface area contributed by atoms with Gasteiger partial charge in [0.2, 0.25) is 5.91 Å². The molecule has 15 heavy (non-hydrogen) atoms. The number of carbonyl (C=O) groups excluding carboxylic acids is 1. The Labute approximate surface area is 96.6 Å². The van der Waals surface area contributed by atoms with Gasteiger partial charge < -0.3 is 5.32 Å². The lowest BCUT2D eigenvalue weighted by Gasteiger charge is -2.17. The van der Waals surface area contributed by atoms with Crippen molar-refractivity contribution >= 4 is 17.7 Å². The predicted molar refractivity (Wildman–Crippen MR) is 65.0 cm³/mol. The van der Waals surface area contributed by atoms with E-state index in [1.165, 1.54) is 25.7 Å². The summed E-state index contributed by atoms with van der Waals surface area (Å²) in [5.74, 6) is 2.50. The van der Waals surface area contributed by atoms with E-state index in [0.717, 1.165) is 11.8 Å². The van der Waals surface area contributed by atoms with Gasteiger partial charge in [-0.1, -0.05) is 13.8 Å². The molecule has 2 fully saturated rings. The smallest absolute Gasteiger partial charge is 0.230 e. The molecule has 2 rings (SSSR count). The standard InChI is InChI=1S/C12H21NOS/c1-8(2)15-7-11(14)13-12(9-3-4-9)10-5-6-10/h8-10,12H,3-7H2,1-2H3,(H,13,14). The van der Waals surface area contributed by atoms with Crippen molar-refractivity contribution in [3.8, 4) is 0 Å². The Morgan fingerprint density at radius 1 is 1.27 bits per heavy atom. The molecule has 0 spiro atoms. The molecule has 2 nitrogen and oxygen atoms in total. The van der Waals surface area contributed by atoms with E-state index in [1.54, 1.807) is 11.8 Å². The van der Waals surface area contributed by atoms with Crippen LogP contribution in [0.1, 0.15) is 39.5 Å². The number of rotatable bonds is 6. The van der Waals surface area contributed by atoms with E-state index in [9.17, 15) is 4.79 Å². The van der Waals surface area contributed by atoms with E-state index in [4.69, 9.17) is 0 Å². The highest BCUT2D eigenvalue weighted by atomic mass is 32.2. The van der Waals surface area contributed by atoms with E-state index in [0.29, 0.717) is 17.0 Å². The molecule has 0 bridgehead atoms. The van der Waals surface area contributed by atoms with Crippen molar-refractivity contribution in [1.29, 1.82) is 0 Å². The minimum Gasteiger partial charge on any atom is -0.352 e. The minimum absolute atomic E-state index is 0.248. The van der Waals surface area contributed by atoms with Crippen LogP contribution in [0.3, 0.4) is 0 Å².